The Kier molecular flexibility index (Phi) is 6.57. The van der Waals surface area contributed by atoms with Gasteiger partial charge in [0.1, 0.15) is 4.90 Å². The molecule has 21 heavy (non-hydrogen) atoms. The van der Waals surface area contributed by atoms with E-state index in [-0.39, 0.29) is 23.4 Å². The zero-order chi connectivity index (χ0) is 15.9. The third kappa shape index (κ3) is 5.68. The van der Waals surface area contributed by atoms with E-state index in [4.69, 9.17) is 0 Å². The minimum atomic E-state index is -3.79. The number of amides is 1. The molecule has 0 saturated heterocycles. The molecule has 0 fully saturated rings. The van der Waals surface area contributed by atoms with Crippen molar-refractivity contribution in [1.29, 1.82) is 0 Å². The Labute approximate surface area is 125 Å². The quantitative estimate of drug-likeness (QED) is 0.656. The molecule has 0 aliphatic rings. The fourth-order valence-corrected chi connectivity index (χ4v) is 2.72. The van der Waals surface area contributed by atoms with Gasteiger partial charge in [-0.25, -0.2) is 13.1 Å². The standard InChI is InChI=1S/C13H22N4O3S/c1-4-6-15-11-5-7-14-8-12(11)21(19,20)16-9-13(18)17-10(2)3/h5,7-8,10,16H,4,6,9H2,1-3H3,(H,14,15)(H,17,18). The molecule has 3 N–H and O–H groups in total. The van der Waals surface area contributed by atoms with Crippen LogP contribution in [0.5, 0.6) is 0 Å². The van der Waals surface area contributed by atoms with Crippen LogP contribution >= 0.6 is 0 Å². The normalized spacial score (nSPS) is 11.4. The maximum atomic E-state index is 12.2. The smallest absolute Gasteiger partial charge is 0.244 e. The number of carbonyl (C=O) groups excluding carboxylic acids is 1. The zero-order valence-corrected chi connectivity index (χ0v) is 13.3. The van der Waals surface area contributed by atoms with Crippen molar-refractivity contribution < 1.29 is 13.2 Å². The molecular weight excluding hydrogens is 292 g/mol. The van der Waals surface area contributed by atoms with E-state index in [0.717, 1.165) is 6.42 Å². The highest BCUT2D eigenvalue weighted by atomic mass is 32.2. The molecule has 0 atom stereocenters. The number of hydrogen-bond donors (Lipinski definition) is 3. The summed E-state index contributed by atoms with van der Waals surface area (Å²) in [5.41, 5.74) is 0.476. The molecule has 0 saturated carbocycles. The van der Waals surface area contributed by atoms with E-state index in [2.05, 4.69) is 20.3 Å². The van der Waals surface area contributed by atoms with Crippen molar-refractivity contribution in [1.82, 2.24) is 15.0 Å². The maximum Gasteiger partial charge on any atom is 0.244 e. The summed E-state index contributed by atoms with van der Waals surface area (Å²) >= 11 is 0. The Hall–Kier alpha value is -1.67. The first-order chi connectivity index (χ1) is 9.86. The largest absolute Gasteiger partial charge is 0.384 e. The molecule has 0 unspecified atom stereocenters. The summed E-state index contributed by atoms with van der Waals surface area (Å²) < 4.78 is 26.7. The summed E-state index contributed by atoms with van der Waals surface area (Å²) in [6.07, 6.45) is 3.65. The number of carbonyl (C=O) groups is 1. The second-order valence-electron chi connectivity index (χ2n) is 4.85. The van der Waals surface area contributed by atoms with Gasteiger partial charge in [-0.1, -0.05) is 6.92 Å². The van der Waals surface area contributed by atoms with Crippen LogP contribution in [0.4, 0.5) is 5.69 Å². The monoisotopic (exact) mass is 314 g/mol. The second kappa shape index (κ2) is 7.94. The molecule has 7 nitrogen and oxygen atoms in total. The highest BCUT2D eigenvalue weighted by Gasteiger charge is 2.19. The Morgan fingerprint density at radius 2 is 2.10 bits per heavy atom. The Morgan fingerprint density at radius 3 is 2.71 bits per heavy atom. The van der Waals surface area contributed by atoms with E-state index in [1.807, 2.05) is 6.92 Å². The van der Waals surface area contributed by atoms with Crippen molar-refractivity contribution >= 4 is 21.6 Å². The summed E-state index contributed by atoms with van der Waals surface area (Å²) in [5.74, 6) is -0.375. The fourth-order valence-electron chi connectivity index (χ4n) is 1.61. The molecule has 118 valence electrons. The number of pyridine rings is 1. The minimum Gasteiger partial charge on any atom is -0.384 e. The summed E-state index contributed by atoms with van der Waals surface area (Å²) in [6.45, 7) is 5.94. The van der Waals surface area contributed by atoms with E-state index < -0.39 is 10.0 Å². The summed E-state index contributed by atoms with van der Waals surface area (Å²) in [4.78, 5) is 15.4. The van der Waals surface area contributed by atoms with E-state index in [9.17, 15) is 13.2 Å². The average molecular weight is 314 g/mol. The molecule has 0 aromatic carbocycles. The molecule has 0 spiro atoms. The molecule has 1 heterocycles. The molecule has 0 radical (unpaired) electrons. The van der Waals surface area contributed by atoms with Gasteiger partial charge in [-0.3, -0.25) is 9.78 Å². The highest BCUT2D eigenvalue weighted by molar-refractivity contribution is 7.89. The first-order valence-corrected chi connectivity index (χ1v) is 8.32. The maximum absolute atomic E-state index is 12.2. The Bertz CT molecular complexity index is 573. The summed E-state index contributed by atoms with van der Waals surface area (Å²) in [5, 5.41) is 5.65. The van der Waals surface area contributed by atoms with Crippen molar-refractivity contribution in [2.24, 2.45) is 0 Å². The number of sulfonamides is 1. The van der Waals surface area contributed by atoms with Gasteiger partial charge in [0.2, 0.25) is 15.9 Å². The van der Waals surface area contributed by atoms with E-state index in [0.29, 0.717) is 12.2 Å². The van der Waals surface area contributed by atoms with E-state index >= 15 is 0 Å². The fraction of sp³-hybridized carbons (Fsp3) is 0.538. The molecule has 1 aromatic heterocycles. The van der Waals surface area contributed by atoms with Crippen LogP contribution in [0.15, 0.2) is 23.4 Å². The van der Waals surface area contributed by atoms with Gasteiger partial charge in [0.15, 0.2) is 0 Å². The highest BCUT2D eigenvalue weighted by Crippen LogP contribution is 2.19. The predicted octanol–water partition coefficient (Wildman–Crippen LogP) is 0.706. The van der Waals surface area contributed by atoms with Gasteiger partial charge in [-0.05, 0) is 26.3 Å². The predicted molar refractivity (Wildman–Crippen MR) is 81.5 cm³/mol. The lowest BCUT2D eigenvalue weighted by Gasteiger charge is -2.13. The van der Waals surface area contributed by atoms with Crippen LogP contribution in [-0.2, 0) is 14.8 Å². The van der Waals surface area contributed by atoms with Crippen LogP contribution in [-0.4, -0.2) is 38.4 Å². The lowest BCUT2D eigenvalue weighted by atomic mass is 10.4. The van der Waals surface area contributed by atoms with Crippen LogP contribution in [0.2, 0.25) is 0 Å². The van der Waals surface area contributed by atoms with Crippen molar-refractivity contribution in [3.05, 3.63) is 18.5 Å². The molecular formula is C13H22N4O3S. The number of aromatic nitrogens is 1. The third-order valence-corrected chi connectivity index (χ3v) is 3.94. The molecule has 1 rings (SSSR count). The number of nitrogens with zero attached hydrogens (tertiary/aromatic N) is 1. The van der Waals surface area contributed by atoms with Gasteiger partial charge >= 0.3 is 0 Å². The number of hydrogen-bond acceptors (Lipinski definition) is 5. The second-order valence-corrected chi connectivity index (χ2v) is 6.58. The molecule has 1 aromatic rings. The minimum absolute atomic E-state index is 0.0378. The van der Waals surface area contributed by atoms with Crippen molar-refractivity contribution in [3.63, 3.8) is 0 Å². The van der Waals surface area contributed by atoms with Gasteiger partial charge in [0.25, 0.3) is 0 Å². The van der Waals surface area contributed by atoms with Crippen LogP contribution in [0, 0.1) is 0 Å². The average Bonchev–Trinajstić information content (AvgIpc) is 2.42. The van der Waals surface area contributed by atoms with Crippen LogP contribution < -0.4 is 15.4 Å². The van der Waals surface area contributed by atoms with Crippen LogP contribution in [0.25, 0.3) is 0 Å². The van der Waals surface area contributed by atoms with Gasteiger partial charge in [0.05, 0.1) is 12.2 Å². The number of anilines is 1. The summed E-state index contributed by atoms with van der Waals surface area (Å²) in [6, 6.07) is 1.56. The molecule has 8 heteroatoms. The third-order valence-electron chi connectivity index (χ3n) is 2.51. The van der Waals surface area contributed by atoms with Crippen LogP contribution in [0.3, 0.4) is 0 Å². The number of nitrogens with one attached hydrogen (secondary N) is 3. The van der Waals surface area contributed by atoms with E-state index in [1.165, 1.54) is 12.4 Å². The molecule has 0 aliphatic heterocycles. The van der Waals surface area contributed by atoms with Gasteiger partial charge in [0, 0.05) is 25.0 Å². The van der Waals surface area contributed by atoms with Crippen molar-refractivity contribution in [2.45, 2.75) is 38.1 Å². The van der Waals surface area contributed by atoms with Crippen molar-refractivity contribution in [2.75, 3.05) is 18.4 Å². The first kappa shape index (κ1) is 17.4. The topological polar surface area (TPSA) is 100 Å². The van der Waals surface area contributed by atoms with Gasteiger partial charge in [-0.2, -0.15) is 0 Å². The molecule has 0 bridgehead atoms. The van der Waals surface area contributed by atoms with E-state index in [1.54, 1.807) is 19.9 Å². The first-order valence-electron chi connectivity index (χ1n) is 6.83. The lowest BCUT2D eigenvalue weighted by molar-refractivity contribution is -0.120. The number of rotatable bonds is 8. The van der Waals surface area contributed by atoms with Crippen molar-refractivity contribution in [3.8, 4) is 0 Å². The van der Waals surface area contributed by atoms with Crippen LogP contribution in [0.1, 0.15) is 27.2 Å². The molecule has 1 amide bonds. The van der Waals surface area contributed by atoms with Gasteiger partial charge < -0.3 is 10.6 Å². The Morgan fingerprint density at radius 1 is 1.38 bits per heavy atom. The Balaban J connectivity index is 2.80. The SMILES string of the molecule is CCCNc1ccncc1S(=O)(=O)NCC(=O)NC(C)C. The zero-order valence-electron chi connectivity index (χ0n) is 12.5. The van der Waals surface area contributed by atoms with Gasteiger partial charge in [-0.15, -0.1) is 0 Å². The summed E-state index contributed by atoms with van der Waals surface area (Å²) in [7, 11) is -3.79. The lowest BCUT2D eigenvalue weighted by Crippen LogP contribution is -2.39. The molecule has 0 aliphatic carbocycles.